The van der Waals surface area contributed by atoms with Crippen LogP contribution in [0, 0.1) is 13.8 Å². The summed E-state index contributed by atoms with van der Waals surface area (Å²) < 4.78 is 0. The molecule has 0 aliphatic carbocycles. The van der Waals surface area contributed by atoms with Crippen LogP contribution in [0.1, 0.15) is 21.5 Å². The molecule has 1 aromatic heterocycles. The molecule has 0 saturated carbocycles. The van der Waals surface area contributed by atoms with E-state index in [2.05, 4.69) is 11.1 Å². The van der Waals surface area contributed by atoms with Gasteiger partial charge in [0.1, 0.15) is 0 Å². The molecule has 0 atom stereocenters. The van der Waals surface area contributed by atoms with Gasteiger partial charge in [0.2, 0.25) is 0 Å². The van der Waals surface area contributed by atoms with Gasteiger partial charge < -0.3 is 5.11 Å². The molecule has 1 N–H and O–H groups in total. The molecule has 0 aliphatic heterocycles. The summed E-state index contributed by atoms with van der Waals surface area (Å²) in [5.74, 6) is -0.954. The molecule has 1 heterocycles. The molecule has 2 aromatic rings. The van der Waals surface area contributed by atoms with Crippen LogP contribution in [0.25, 0.3) is 11.3 Å². The third kappa shape index (κ3) is 2.33. The molecule has 0 spiro atoms. The first kappa shape index (κ1) is 11.3. The molecule has 0 fully saturated rings. The Morgan fingerprint density at radius 3 is 2.47 bits per heavy atom. The molecular formula is C14H13NO2. The van der Waals surface area contributed by atoms with Crippen LogP contribution in [-0.2, 0) is 0 Å². The molecule has 0 unspecified atom stereocenters. The molecule has 17 heavy (non-hydrogen) atoms. The van der Waals surface area contributed by atoms with Crippen molar-refractivity contribution in [3.8, 4) is 11.3 Å². The van der Waals surface area contributed by atoms with Gasteiger partial charge in [-0.25, -0.2) is 4.79 Å². The third-order valence-electron chi connectivity index (χ3n) is 2.67. The number of hydrogen-bond donors (Lipinski definition) is 1. The van der Waals surface area contributed by atoms with E-state index in [0.717, 1.165) is 16.8 Å². The van der Waals surface area contributed by atoms with E-state index in [9.17, 15) is 4.79 Å². The molecule has 0 amide bonds. The van der Waals surface area contributed by atoms with Gasteiger partial charge in [-0.2, -0.15) is 0 Å². The average Bonchev–Trinajstić information content (AvgIpc) is 2.29. The first-order chi connectivity index (χ1) is 8.08. The van der Waals surface area contributed by atoms with Gasteiger partial charge in [0.05, 0.1) is 11.3 Å². The molecule has 0 aliphatic rings. The molecule has 0 radical (unpaired) electrons. The average molecular weight is 227 g/mol. The maximum Gasteiger partial charge on any atom is 0.337 e. The minimum atomic E-state index is -0.954. The highest BCUT2D eigenvalue weighted by atomic mass is 16.4. The summed E-state index contributed by atoms with van der Waals surface area (Å²) in [6, 6.07) is 9.43. The predicted octanol–water partition coefficient (Wildman–Crippen LogP) is 3.06. The standard InChI is InChI=1S/C14H13NO2/c1-9-3-5-12(10(2)7-9)13-6-4-11(8-15-13)14(16)17/h3-8H,1-2H3,(H,16,17). The zero-order chi connectivity index (χ0) is 12.4. The van der Waals surface area contributed by atoms with Crippen LogP contribution in [0.4, 0.5) is 0 Å². The van der Waals surface area contributed by atoms with E-state index in [-0.39, 0.29) is 5.56 Å². The second-order valence-electron chi connectivity index (χ2n) is 4.06. The summed E-state index contributed by atoms with van der Waals surface area (Å²) in [5.41, 5.74) is 4.38. The van der Waals surface area contributed by atoms with Crippen molar-refractivity contribution in [2.75, 3.05) is 0 Å². The number of aromatic nitrogens is 1. The smallest absolute Gasteiger partial charge is 0.337 e. The van der Waals surface area contributed by atoms with Gasteiger partial charge in [-0.3, -0.25) is 4.98 Å². The lowest BCUT2D eigenvalue weighted by atomic mass is 10.0. The number of benzene rings is 1. The highest BCUT2D eigenvalue weighted by Gasteiger charge is 2.06. The molecule has 2 rings (SSSR count). The van der Waals surface area contributed by atoms with Gasteiger partial charge in [0.25, 0.3) is 0 Å². The maximum absolute atomic E-state index is 10.7. The van der Waals surface area contributed by atoms with Crippen LogP contribution in [0.15, 0.2) is 36.5 Å². The number of carbonyl (C=O) groups is 1. The predicted molar refractivity (Wildman–Crippen MR) is 66.1 cm³/mol. The highest BCUT2D eigenvalue weighted by Crippen LogP contribution is 2.22. The van der Waals surface area contributed by atoms with Crippen LogP contribution in [-0.4, -0.2) is 16.1 Å². The lowest BCUT2D eigenvalue weighted by molar-refractivity contribution is 0.0696. The third-order valence-corrected chi connectivity index (χ3v) is 2.67. The number of aromatic carboxylic acids is 1. The van der Waals surface area contributed by atoms with Crippen molar-refractivity contribution in [2.45, 2.75) is 13.8 Å². The van der Waals surface area contributed by atoms with Gasteiger partial charge in [0, 0.05) is 11.8 Å². The van der Waals surface area contributed by atoms with Crippen LogP contribution in [0.5, 0.6) is 0 Å². The summed E-state index contributed by atoms with van der Waals surface area (Å²) >= 11 is 0. The summed E-state index contributed by atoms with van der Waals surface area (Å²) in [7, 11) is 0. The Hall–Kier alpha value is -2.16. The van der Waals surface area contributed by atoms with E-state index in [4.69, 9.17) is 5.11 Å². The van der Waals surface area contributed by atoms with E-state index in [1.54, 1.807) is 12.1 Å². The quantitative estimate of drug-likeness (QED) is 0.857. The van der Waals surface area contributed by atoms with Crippen LogP contribution >= 0.6 is 0 Å². The second-order valence-corrected chi connectivity index (χ2v) is 4.06. The van der Waals surface area contributed by atoms with Crippen molar-refractivity contribution in [2.24, 2.45) is 0 Å². The molecule has 86 valence electrons. The fraction of sp³-hybridized carbons (Fsp3) is 0.143. The van der Waals surface area contributed by atoms with E-state index >= 15 is 0 Å². The number of nitrogens with zero attached hydrogens (tertiary/aromatic N) is 1. The topological polar surface area (TPSA) is 50.2 Å². The Morgan fingerprint density at radius 2 is 1.94 bits per heavy atom. The van der Waals surface area contributed by atoms with Crippen LogP contribution < -0.4 is 0 Å². The monoisotopic (exact) mass is 227 g/mol. The number of hydrogen-bond acceptors (Lipinski definition) is 2. The van der Waals surface area contributed by atoms with Gasteiger partial charge >= 0.3 is 5.97 Å². The lowest BCUT2D eigenvalue weighted by Gasteiger charge is -2.06. The molecule has 0 bridgehead atoms. The minimum absolute atomic E-state index is 0.207. The van der Waals surface area contributed by atoms with Crippen molar-refractivity contribution < 1.29 is 9.90 Å². The largest absolute Gasteiger partial charge is 0.478 e. The van der Waals surface area contributed by atoms with Crippen molar-refractivity contribution in [1.29, 1.82) is 0 Å². The van der Waals surface area contributed by atoms with Crippen molar-refractivity contribution >= 4 is 5.97 Å². The highest BCUT2D eigenvalue weighted by molar-refractivity contribution is 5.87. The van der Waals surface area contributed by atoms with E-state index < -0.39 is 5.97 Å². The van der Waals surface area contributed by atoms with Crippen LogP contribution in [0.3, 0.4) is 0 Å². The van der Waals surface area contributed by atoms with E-state index in [1.807, 2.05) is 26.0 Å². The maximum atomic E-state index is 10.7. The van der Waals surface area contributed by atoms with Gasteiger partial charge in [0.15, 0.2) is 0 Å². The number of rotatable bonds is 2. The van der Waals surface area contributed by atoms with Crippen LogP contribution in [0.2, 0.25) is 0 Å². The molecule has 3 heteroatoms. The second kappa shape index (κ2) is 4.37. The summed E-state index contributed by atoms with van der Waals surface area (Å²) in [6.07, 6.45) is 1.39. The number of pyridine rings is 1. The molecule has 1 aromatic carbocycles. The summed E-state index contributed by atoms with van der Waals surface area (Å²) in [6.45, 7) is 4.06. The van der Waals surface area contributed by atoms with E-state index in [0.29, 0.717) is 0 Å². The van der Waals surface area contributed by atoms with Crippen molar-refractivity contribution in [3.05, 3.63) is 53.2 Å². The Morgan fingerprint density at radius 1 is 1.18 bits per heavy atom. The fourth-order valence-electron chi connectivity index (χ4n) is 1.78. The molecule has 3 nitrogen and oxygen atoms in total. The van der Waals surface area contributed by atoms with Gasteiger partial charge in [-0.15, -0.1) is 0 Å². The summed E-state index contributed by atoms with van der Waals surface area (Å²) in [5, 5.41) is 8.80. The Balaban J connectivity index is 2.43. The first-order valence-corrected chi connectivity index (χ1v) is 5.35. The Bertz CT molecular complexity index is 559. The zero-order valence-electron chi connectivity index (χ0n) is 9.77. The van der Waals surface area contributed by atoms with Crippen molar-refractivity contribution in [3.63, 3.8) is 0 Å². The molecule has 0 saturated heterocycles. The van der Waals surface area contributed by atoms with Gasteiger partial charge in [-0.1, -0.05) is 23.8 Å². The van der Waals surface area contributed by atoms with Crippen molar-refractivity contribution in [1.82, 2.24) is 4.98 Å². The van der Waals surface area contributed by atoms with E-state index in [1.165, 1.54) is 11.8 Å². The minimum Gasteiger partial charge on any atom is -0.478 e. The fourth-order valence-corrected chi connectivity index (χ4v) is 1.78. The zero-order valence-corrected chi connectivity index (χ0v) is 9.77. The number of carboxylic acid groups (broad SMARTS) is 1. The van der Waals surface area contributed by atoms with Gasteiger partial charge in [-0.05, 0) is 31.5 Å². The Labute approximate surface area is 99.8 Å². The SMILES string of the molecule is Cc1ccc(-c2ccc(C(=O)O)cn2)c(C)c1. The first-order valence-electron chi connectivity index (χ1n) is 5.35. The number of carboxylic acids is 1. The lowest BCUT2D eigenvalue weighted by Crippen LogP contribution is -1.97. The normalized spacial score (nSPS) is 10.2. The number of aryl methyl sites for hydroxylation is 2. The Kier molecular flexibility index (Phi) is 2.91. The molecular weight excluding hydrogens is 214 g/mol. The summed E-state index contributed by atoms with van der Waals surface area (Å²) in [4.78, 5) is 14.9.